The van der Waals surface area contributed by atoms with E-state index < -0.39 is 22.4 Å². The molecule has 5 rings (SSSR count). The van der Waals surface area contributed by atoms with Gasteiger partial charge in [-0.1, -0.05) is 12.1 Å². The predicted molar refractivity (Wildman–Crippen MR) is 140 cm³/mol. The second-order valence-corrected chi connectivity index (χ2v) is 9.54. The number of amides is 1. The number of piperazine rings is 1. The molecule has 1 saturated heterocycles. The second kappa shape index (κ2) is 11.0. The number of hydrogen-bond donors (Lipinski definition) is 1. The third kappa shape index (κ3) is 6.23. The Labute approximate surface area is 225 Å². The first-order valence-electron chi connectivity index (χ1n) is 12.4. The molecule has 1 aromatic heterocycles. The van der Waals surface area contributed by atoms with E-state index >= 15 is 0 Å². The maximum Gasteiger partial charge on any atom is 0.423 e. The number of carbonyl (C=O) groups is 1. The number of rotatable bonds is 7. The summed E-state index contributed by atoms with van der Waals surface area (Å²) >= 11 is 0. The molecule has 208 valence electrons. The van der Waals surface area contributed by atoms with Gasteiger partial charge in [-0.2, -0.15) is 13.2 Å². The molecule has 0 radical (unpaired) electrons. The van der Waals surface area contributed by atoms with Gasteiger partial charge in [0.05, 0.1) is 17.9 Å². The van der Waals surface area contributed by atoms with E-state index in [-0.39, 0.29) is 23.8 Å². The van der Waals surface area contributed by atoms with E-state index in [1.165, 1.54) is 18.2 Å². The molecule has 1 aliphatic rings. The van der Waals surface area contributed by atoms with Crippen molar-refractivity contribution < 1.29 is 31.7 Å². The fourth-order valence-corrected chi connectivity index (χ4v) is 4.68. The van der Waals surface area contributed by atoms with Gasteiger partial charge in [0, 0.05) is 49.0 Å². The van der Waals surface area contributed by atoms with Crippen LogP contribution >= 0.6 is 0 Å². The summed E-state index contributed by atoms with van der Waals surface area (Å²) in [4.78, 5) is 26.7. The Kier molecular flexibility index (Phi) is 7.44. The number of anilines is 2. The van der Waals surface area contributed by atoms with Crippen LogP contribution in [0.15, 0.2) is 71.1 Å². The summed E-state index contributed by atoms with van der Waals surface area (Å²) < 4.78 is 58.9. The van der Waals surface area contributed by atoms with E-state index in [0.29, 0.717) is 55.4 Å². The van der Waals surface area contributed by atoms with Crippen molar-refractivity contribution in [1.82, 2.24) is 9.80 Å². The van der Waals surface area contributed by atoms with E-state index in [9.17, 15) is 32.5 Å². The van der Waals surface area contributed by atoms with Crippen molar-refractivity contribution in [3.63, 3.8) is 0 Å². The number of benzene rings is 3. The second-order valence-electron chi connectivity index (χ2n) is 9.54. The summed E-state index contributed by atoms with van der Waals surface area (Å²) in [7, 11) is 0. The normalized spacial score (nSPS) is 14.4. The first-order valence-corrected chi connectivity index (χ1v) is 12.4. The fourth-order valence-electron chi connectivity index (χ4n) is 4.68. The number of alkyl halides is 3. The van der Waals surface area contributed by atoms with Crippen LogP contribution in [0.5, 0.6) is 0 Å². The lowest BCUT2D eigenvalue weighted by molar-refractivity contribution is -0.388. The SMILES string of the molecule is O=C(Cc1ccc(Nc2ccc([N+](=O)[O-])c(C(F)(F)F)c2)cc1)N1CCN(Cc2cc3cc(F)ccc3o2)CC1. The topological polar surface area (TPSA) is 91.9 Å². The minimum absolute atomic E-state index is 0.0373. The highest BCUT2D eigenvalue weighted by atomic mass is 19.4. The number of fused-ring (bicyclic) bond motifs is 1. The van der Waals surface area contributed by atoms with Gasteiger partial charge in [-0.3, -0.25) is 19.8 Å². The maximum absolute atomic E-state index is 13.4. The number of carbonyl (C=O) groups excluding carboxylic acids is 1. The Morgan fingerprint density at radius 1 is 0.950 bits per heavy atom. The van der Waals surface area contributed by atoms with Crippen LogP contribution in [0.1, 0.15) is 16.9 Å². The molecular formula is C28H24F4N4O4. The molecule has 0 bridgehead atoms. The molecule has 1 fully saturated rings. The molecule has 8 nitrogen and oxygen atoms in total. The number of nitrogens with one attached hydrogen (secondary N) is 1. The zero-order chi connectivity index (χ0) is 28.4. The predicted octanol–water partition coefficient (Wildman–Crippen LogP) is 6.13. The lowest BCUT2D eigenvalue weighted by atomic mass is 10.1. The molecule has 0 unspecified atom stereocenters. The Morgan fingerprint density at radius 3 is 2.33 bits per heavy atom. The van der Waals surface area contributed by atoms with Crippen molar-refractivity contribution in [2.75, 3.05) is 31.5 Å². The number of furan rings is 1. The number of nitrogens with zero attached hydrogens (tertiary/aromatic N) is 3. The van der Waals surface area contributed by atoms with Gasteiger partial charge in [-0.15, -0.1) is 0 Å². The van der Waals surface area contributed by atoms with E-state index in [4.69, 9.17) is 4.42 Å². The molecule has 1 amide bonds. The van der Waals surface area contributed by atoms with Crippen LogP contribution in [0.4, 0.5) is 34.6 Å². The highest BCUT2D eigenvalue weighted by Gasteiger charge is 2.38. The van der Waals surface area contributed by atoms with Crippen LogP contribution in [-0.4, -0.2) is 46.8 Å². The Hall–Kier alpha value is -4.45. The highest BCUT2D eigenvalue weighted by molar-refractivity contribution is 5.79. The molecule has 0 saturated carbocycles. The van der Waals surface area contributed by atoms with E-state index in [1.807, 2.05) is 6.07 Å². The first-order chi connectivity index (χ1) is 19.0. The van der Waals surface area contributed by atoms with Gasteiger partial charge in [0.15, 0.2) is 0 Å². The third-order valence-electron chi connectivity index (χ3n) is 6.73. The van der Waals surface area contributed by atoms with Gasteiger partial charge in [-0.25, -0.2) is 4.39 Å². The average molecular weight is 557 g/mol. The molecule has 40 heavy (non-hydrogen) atoms. The van der Waals surface area contributed by atoms with Gasteiger partial charge in [0.1, 0.15) is 22.7 Å². The molecule has 12 heteroatoms. The third-order valence-corrected chi connectivity index (χ3v) is 6.73. The standard InChI is InChI=1S/C28H24F4N4O4/c29-20-3-8-26-19(14-20)15-23(40-26)17-34-9-11-35(12-10-34)27(37)13-18-1-4-21(5-2-18)33-22-6-7-25(36(38)39)24(16-22)28(30,31)32/h1-8,14-16,33H,9-13,17H2. The van der Waals surface area contributed by atoms with Crippen LogP contribution < -0.4 is 5.32 Å². The fraction of sp³-hybridized carbons (Fsp3) is 0.250. The van der Waals surface area contributed by atoms with E-state index in [1.54, 1.807) is 35.2 Å². The van der Waals surface area contributed by atoms with Crippen LogP contribution in [0.25, 0.3) is 11.0 Å². The summed E-state index contributed by atoms with van der Waals surface area (Å²) in [5.74, 6) is 0.379. The van der Waals surface area contributed by atoms with Crippen LogP contribution in [0.2, 0.25) is 0 Å². The van der Waals surface area contributed by atoms with Gasteiger partial charge < -0.3 is 14.6 Å². The molecule has 1 N–H and O–H groups in total. The summed E-state index contributed by atoms with van der Waals surface area (Å²) in [6.45, 7) is 2.99. The van der Waals surface area contributed by atoms with Crippen molar-refractivity contribution in [2.45, 2.75) is 19.1 Å². The van der Waals surface area contributed by atoms with Gasteiger partial charge in [0.2, 0.25) is 5.91 Å². The van der Waals surface area contributed by atoms with Gasteiger partial charge in [-0.05, 0) is 54.1 Å². The Balaban J connectivity index is 1.14. The quantitative estimate of drug-likeness (QED) is 0.167. The Morgan fingerprint density at radius 2 is 1.65 bits per heavy atom. The first kappa shape index (κ1) is 27.1. The lowest BCUT2D eigenvalue weighted by Gasteiger charge is -2.34. The number of hydrogen-bond acceptors (Lipinski definition) is 6. The summed E-state index contributed by atoms with van der Waals surface area (Å²) in [6, 6.07) is 15.6. The lowest BCUT2D eigenvalue weighted by Crippen LogP contribution is -2.48. The molecule has 3 aromatic carbocycles. The maximum atomic E-state index is 13.4. The van der Waals surface area contributed by atoms with Gasteiger partial charge >= 0.3 is 6.18 Å². The molecule has 2 heterocycles. The summed E-state index contributed by atoms with van der Waals surface area (Å²) in [5.41, 5.74) is -0.455. The molecular weight excluding hydrogens is 532 g/mol. The minimum atomic E-state index is -4.87. The van der Waals surface area contributed by atoms with Crippen molar-refractivity contribution in [2.24, 2.45) is 0 Å². The average Bonchev–Trinajstić information content (AvgIpc) is 3.30. The van der Waals surface area contributed by atoms with Crippen molar-refractivity contribution >= 4 is 33.9 Å². The molecule has 0 spiro atoms. The molecule has 0 atom stereocenters. The number of nitro groups is 1. The van der Waals surface area contributed by atoms with E-state index in [0.717, 1.165) is 17.4 Å². The highest BCUT2D eigenvalue weighted by Crippen LogP contribution is 2.38. The minimum Gasteiger partial charge on any atom is -0.460 e. The van der Waals surface area contributed by atoms with Crippen molar-refractivity contribution in [3.05, 3.63) is 99.5 Å². The number of nitro benzene ring substituents is 1. The Bertz CT molecular complexity index is 1540. The van der Waals surface area contributed by atoms with Crippen molar-refractivity contribution in [3.8, 4) is 0 Å². The summed E-state index contributed by atoms with van der Waals surface area (Å²) in [5, 5.41) is 14.5. The summed E-state index contributed by atoms with van der Waals surface area (Å²) in [6.07, 6.45) is -4.70. The van der Waals surface area contributed by atoms with Gasteiger partial charge in [0.25, 0.3) is 5.69 Å². The zero-order valence-electron chi connectivity index (χ0n) is 21.1. The molecule has 1 aliphatic heterocycles. The molecule has 4 aromatic rings. The molecule has 0 aliphatic carbocycles. The van der Waals surface area contributed by atoms with Crippen LogP contribution in [-0.2, 0) is 23.9 Å². The monoisotopic (exact) mass is 556 g/mol. The van der Waals surface area contributed by atoms with Crippen LogP contribution in [0, 0.1) is 15.9 Å². The van der Waals surface area contributed by atoms with E-state index in [2.05, 4.69) is 10.2 Å². The number of halogens is 4. The van der Waals surface area contributed by atoms with Crippen molar-refractivity contribution in [1.29, 1.82) is 0 Å². The van der Waals surface area contributed by atoms with Crippen LogP contribution in [0.3, 0.4) is 0 Å². The smallest absolute Gasteiger partial charge is 0.423 e. The zero-order valence-corrected chi connectivity index (χ0v) is 21.1. The largest absolute Gasteiger partial charge is 0.460 e.